The number of hydrogen-bond donors (Lipinski definition) is 2. The van der Waals surface area contributed by atoms with Gasteiger partial charge in [-0.2, -0.15) is 0 Å². The van der Waals surface area contributed by atoms with E-state index in [1.54, 1.807) is 12.1 Å². The maximum Gasteiger partial charge on any atom is 0.239 e. The molecule has 0 radical (unpaired) electrons. The molecule has 1 aromatic rings. The lowest BCUT2D eigenvalue weighted by molar-refractivity contribution is 0.350. The summed E-state index contributed by atoms with van der Waals surface area (Å²) in [5.74, 6) is 4.87. The normalized spacial score (nSPS) is 10.4. The van der Waals surface area contributed by atoms with Crippen LogP contribution in [0.15, 0.2) is 29.2 Å². The van der Waals surface area contributed by atoms with Crippen molar-refractivity contribution in [3.8, 4) is 11.8 Å². The Hall–Kier alpha value is -1.35. The number of aliphatic hydroxyl groups is 1. The lowest BCUT2D eigenvalue weighted by Crippen LogP contribution is -2.13. The summed E-state index contributed by atoms with van der Waals surface area (Å²) in [6.45, 7) is -0.320. The highest BCUT2D eigenvalue weighted by Crippen LogP contribution is 2.11. The van der Waals surface area contributed by atoms with Gasteiger partial charge >= 0.3 is 0 Å². The summed E-state index contributed by atoms with van der Waals surface area (Å²) < 4.78 is 22.1. The van der Waals surface area contributed by atoms with Crippen LogP contribution in [0.5, 0.6) is 0 Å². The van der Waals surface area contributed by atoms with Crippen molar-refractivity contribution in [2.45, 2.75) is 4.90 Å². The fourth-order valence-corrected chi connectivity index (χ4v) is 1.65. The number of aliphatic hydroxyl groups excluding tert-OH is 1. The molecule has 0 spiro atoms. The minimum atomic E-state index is -3.75. The first-order valence-corrected chi connectivity index (χ1v) is 5.32. The van der Waals surface area contributed by atoms with E-state index in [0.29, 0.717) is 5.56 Å². The van der Waals surface area contributed by atoms with Gasteiger partial charge in [0.1, 0.15) is 6.61 Å². The Labute approximate surface area is 82.4 Å². The molecule has 0 fully saturated rings. The van der Waals surface area contributed by atoms with Crippen LogP contribution >= 0.6 is 0 Å². The Morgan fingerprint density at radius 2 is 2.00 bits per heavy atom. The molecule has 0 aromatic heterocycles. The predicted molar refractivity (Wildman–Crippen MR) is 51.8 cm³/mol. The van der Waals surface area contributed by atoms with E-state index in [4.69, 9.17) is 10.2 Å². The second-order valence-electron chi connectivity index (χ2n) is 2.50. The van der Waals surface area contributed by atoms with E-state index in [-0.39, 0.29) is 11.5 Å². The van der Waals surface area contributed by atoms with Gasteiger partial charge in [-0.3, -0.25) is 0 Å². The lowest BCUT2D eigenvalue weighted by atomic mass is 10.2. The van der Waals surface area contributed by atoms with Crippen LogP contribution in [0.4, 0.5) is 0 Å². The number of primary sulfonamides is 1. The number of benzene rings is 1. The van der Waals surface area contributed by atoms with Crippen molar-refractivity contribution in [1.82, 2.24) is 0 Å². The Morgan fingerprint density at radius 1 is 1.36 bits per heavy atom. The summed E-state index contributed by atoms with van der Waals surface area (Å²) in [5, 5.41) is 13.4. The molecule has 0 aliphatic carbocycles. The maximum absolute atomic E-state index is 11.1. The number of rotatable bonds is 1. The van der Waals surface area contributed by atoms with E-state index in [9.17, 15) is 8.42 Å². The van der Waals surface area contributed by atoms with Crippen molar-refractivity contribution in [3.63, 3.8) is 0 Å². The van der Waals surface area contributed by atoms with Crippen LogP contribution in [0.2, 0.25) is 0 Å². The third-order valence-corrected chi connectivity index (χ3v) is 2.46. The van der Waals surface area contributed by atoms with E-state index >= 15 is 0 Å². The molecule has 4 nitrogen and oxygen atoms in total. The van der Waals surface area contributed by atoms with Gasteiger partial charge in [0.05, 0.1) is 4.90 Å². The van der Waals surface area contributed by atoms with Gasteiger partial charge < -0.3 is 5.11 Å². The largest absolute Gasteiger partial charge is 0.384 e. The zero-order chi connectivity index (χ0) is 10.6. The smallest absolute Gasteiger partial charge is 0.239 e. The van der Waals surface area contributed by atoms with Crippen LogP contribution in [0.1, 0.15) is 5.56 Å². The van der Waals surface area contributed by atoms with Crippen LogP contribution in [0.3, 0.4) is 0 Å². The molecule has 0 heterocycles. The highest BCUT2D eigenvalue weighted by atomic mass is 32.2. The molecule has 14 heavy (non-hydrogen) atoms. The molecule has 5 heteroatoms. The first-order chi connectivity index (χ1) is 6.55. The Kier molecular flexibility index (Phi) is 3.25. The summed E-state index contributed by atoms with van der Waals surface area (Å²) in [6, 6.07) is 6.11. The second-order valence-corrected chi connectivity index (χ2v) is 4.03. The van der Waals surface area contributed by atoms with E-state index < -0.39 is 10.0 Å². The van der Waals surface area contributed by atoms with Gasteiger partial charge in [-0.15, -0.1) is 0 Å². The third kappa shape index (κ3) is 2.57. The first kappa shape index (κ1) is 10.7. The van der Waals surface area contributed by atoms with E-state index in [1.807, 2.05) is 0 Å². The molecule has 0 saturated carbocycles. The number of sulfonamides is 1. The zero-order valence-corrected chi connectivity index (χ0v) is 8.08. The van der Waals surface area contributed by atoms with Crippen molar-refractivity contribution in [2.24, 2.45) is 5.14 Å². The Morgan fingerprint density at radius 3 is 2.57 bits per heavy atom. The molecule has 0 unspecified atom stereocenters. The molecule has 0 atom stereocenters. The molecule has 0 aliphatic rings. The molecule has 74 valence electrons. The molecular formula is C9H9NO3S. The SMILES string of the molecule is NS(=O)(=O)c1ccccc1C#CCO. The molecule has 0 saturated heterocycles. The molecule has 1 aromatic carbocycles. The molecule has 1 rings (SSSR count). The van der Waals surface area contributed by atoms with Gasteiger partial charge in [0, 0.05) is 5.56 Å². The van der Waals surface area contributed by atoms with Crippen molar-refractivity contribution in [3.05, 3.63) is 29.8 Å². The quantitative estimate of drug-likeness (QED) is 0.624. The third-order valence-electron chi connectivity index (χ3n) is 1.50. The van der Waals surface area contributed by atoms with Gasteiger partial charge in [-0.1, -0.05) is 24.0 Å². The standard InChI is InChI=1S/C9H9NO3S/c10-14(12,13)9-6-2-1-4-8(9)5-3-7-11/h1-2,4,6,11H,7H2,(H2,10,12,13). The summed E-state index contributed by atoms with van der Waals surface area (Å²) in [7, 11) is -3.75. The van der Waals surface area contributed by atoms with Gasteiger partial charge in [0.2, 0.25) is 10.0 Å². The average Bonchev–Trinajstić information content (AvgIpc) is 2.14. The molecular weight excluding hydrogens is 202 g/mol. The monoisotopic (exact) mass is 211 g/mol. The topological polar surface area (TPSA) is 80.4 Å². The molecule has 0 bridgehead atoms. The van der Waals surface area contributed by atoms with Crippen molar-refractivity contribution in [1.29, 1.82) is 0 Å². The van der Waals surface area contributed by atoms with Crippen molar-refractivity contribution >= 4 is 10.0 Å². The summed E-state index contributed by atoms with van der Waals surface area (Å²) in [5.41, 5.74) is 0.295. The van der Waals surface area contributed by atoms with E-state index in [0.717, 1.165) is 0 Å². The fraction of sp³-hybridized carbons (Fsp3) is 0.111. The van der Waals surface area contributed by atoms with Crippen molar-refractivity contribution in [2.75, 3.05) is 6.61 Å². The highest BCUT2D eigenvalue weighted by Gasteiger charge is 2.10. The summed E-state index contributed by atoms with van der Waals surface area (Å²) in [6.07, 6.45) is 0. The number of hydrogen-bond acceptors (Lipinski definition) is 3. The van der Waals surface area contributed by atoms with Crippen LogP contribution in [0.25, 0.3) is 0 Å². The summed E-state index contributed by atoms with van der Waals surface area (Å²) >= 11 is 0. The maximum atomic E-state index is 11.1. The fourth-order valence-electron chi connectivity index (χ4n) is 0.953. The van der Waals surface area contributed by atoms with Crippen LogP contribution < -0.4 is 5.14 Å². The lowest BCUT2D eigenvalue weighted by Gasteiger charge is -1.99. The van der Waals surface area contributed by atoms with Crippen LogP contribution in [0, 0.1) is 11.8 Å². The highest BCUT2D eigenvalue weighted by molar-refractivity contribution is 7.89. The first-order valence-electron chi connectivity index (χ1n) is 3.77. The Bertz CT molecular complexity index is 482. The average molecular weight is 211 g/mol. The van der Waals surface area contributed by atoms with Crippen molar-refractivity contribution < 1.29 is 13.5 Å². The second kappa shape index (κ2) is 4.24. The van der Waals surface area contributed by atoms with Crippen LogP contribution in [-0.2, 0) is 10.0 Å². The van der Waals surface area contributed by atoms with Gasteiger partial charge in [-0.25, -0.2) is 13.6 Å². The summed E-state index contributed by atoms with van der Waals surface area (Å²) in [4.78, 5) is -0.0269. The minimum absolute atomic E-state index is 0.0269. The van der Waals surface area contributed by atoms with Gasteiger partial charge in [-0.05, 0) is 12.1 Å². The molecule has 0 aliphatic heterocycles. The zero-order valence-electron chi connectivity index (χ0n) is 7.27. The Balaban J connectivity index is 3.31. The molecule has 3 N–H and O–H groups in total. The van der Waals surface area contributed by atoms with E-state index in [1.165, 1.54) is 12.1 Å². The van der Waals surface area contributed by atoms with Crippen LogP contribution in [-0.4, -0.2) is 20.1 Å². The van der Waals surface area contributed by atoms with E-state index in [2.05, 4.69) is 11.8 Å². The molecule has 0 amide bonds. The van der Waals surface area contributed by atoms with Gasteiger partial charge in [0.25, 0.3) is 0 Å². The minimum Gasteiger partial charge on any atom is -0.384 e. The predicted octanol–water partition coefficient (Wildman–Crippen LogP) is -0.322. The number of nitrogens with two attached hydrogens (primary N) is 1. The van der Waals surface area contributed by atoms with Gasteiger partial charge in [0.15, 0.2) is 0 Å².